The number of fused-ring (bicyclic) bond motifs is 3. The van der Waals surface area contributed by atoms with Crippen molar-refractivity contribution in [3.63, 3.8) is 0 Å². The summed E-state index contributed by atoms with van der Waals surface area (Å²) in [6.45, 7) is 8.43. The van der Waals surface area contributed by atoms with Gasteiger partial charge in [0.1, 0.15) is 5.75 Å². The van der Waals surface area contributed by atoms with Crippen LogP contribution in [-0.4, -0.2) is 44.6 Å². The van der Waals surface area contributed by atoms with Crippen LogP contribution in [0.2, 0.25) is 10.1 Å². The number of carbonyl (C=O) groups excluding carboxylic acids is 2. The molecule has 4 aromatic rings. The van der Waals surface area contributed by atoms with Crippen molar-refractivity contribution in [1.29, 1.82) is 0 Å². The molecule has 0 saturated carbocycles. The predicted molar refractivity (Wildman–Crippen MR) is 225 cm³/mol. The Morgan fingerprint density at radius 2 is 1.44 bits per heavy atom. The summed E-state index contributed by atoms with van der Waals surface area (Å²) in [7, 11) is -3.16. The number of anilines is 1. The molecule has 2 fully saturated rings. The van der Waals surface area contributed by atoms with E-state index in [-0.39, 0.29) is 31.5 Å². The molecule has 2 amide bonds. The van der Waals surface area contributed by atoms with Crippen LogP contribution in [0.1, 0.15) is 70.1 Å². The molecule has 61 heavy (non-hydrogen) atoms. The van der Waals surface area contributed by atoms with Gasteiger partial charge in [-0.15, -0.1) is 0 Å². The first-order chi connectivity index (χ1) is 28.7. The van der Waals surface area contributed by atoms with Gasteiger partial charge in [-0.2, -0.15) is 26.3 Å². The minimum Gasteiger partial charge on any atom is -0.508 e. The third-order valence-corrected chi connectivity index (χ3v) is 17.6. The van der Waals surface area contributed by atoms with Gasteiger partial charge in [0.15, 0.2) is 0 Å². The Kier molecular flexibility index (Phi) is 12.3. The van der Waals surface area contributed by atoms with Gasteiger partial charge in [-0.25, -0.2) is 4.90 Å². The molecule has 7 rings (SSSR count). The molecule has 2 aliphatic heterocycles. The number of ether oxygens (including phenoxy) is 1. The lowest BCUT2D eigenvalue weighted by molar-refractivity contribution is -0.143. The van der Waals surface area contributed by atoms with Crippen LogP contribution < -0.4 is 15.3 Å². The van der Waals surface area contributed by atoms with Crippen molar-refractivity contribution in [2.24, 2.45) is 17.8 Å². The van der Waals surface area contributed by atoms with Crippen LogP contribution in [0.3, 0.4) is 0 Å². The van der Waals surface area contributed by atoms with Gasteiger partial charge in [-0.3, -0.25) is 9.59 Å². The highest BCUT2D eigenvalue weighted by atomic mass is 35.5. The summed E-state index contributed by atoms with van der Waals surface area (Å²) < 4.78 is 97.8. The quantitative estimate of drug-likeness (QED) is 0.0703. The second-order valence-electron chi connectivity index (χ2n) is 17.0. The summed E-state index contributed by atoms with van der Waals surface area (Å²) in [6, 6.07) is 25.4. The zero-order chi connectivity index (χ0) is 44.1. The Balaban J connectivity index is 1.30. The van der Waals surface area contributed by atoms with E-state index < -0.39 is 78.2 Å². The number of amides is 2. The van der Waals surface area contributed by atoms with E-state index >= 15 is 0 Å². The summed E-state index contributed by atoms with van der Waals surface area (Å²) in [5.41, 5.74) is -0.762. The topological polar surface area (TPSA) is 76.1 Å². The number of imide groups is 1. The number of halogens is 7. The van der Waals surface area contributed by atoms with Crippen molar-refractivity contribution < 1.29 is 50.2 Å². The zero-order valence-electron chi connectivity index (χ0n) is 34.0. The molecule has 0 bridgehead atoms. The minimum absolute atomic E-state index is 0.000313. The number of phenolic OH excluding ortho intramolecular Hbond substituents is 1. The number of phenols is 1. The molecule has 0 unspecified atom stereocenters. The molecule has 14 heteroatoms. The molecule has 0 aromatic heterocycles. The molecule has 4 aromatic carbocycles. The molecule has 3 aliphatic rings. The SMILES string of the molecule is CC/C(=C\c1ccc(O)cc1Cl)CC[C@H]1OC[C@H]2C1=C(CO[Si](c1ccccc1)(c1ccccc1)C(C)(C)C)C[C@H]1C(=O)N(c3cc(C(F)(F)F)cc(C(F)(F)F)c3)C(=O)[C@H]12. The van der Waals surface area contributed by atoms with Gasteiger partial charge in [-0.1, -0.05) is 112 Å². The third kappa shape index (κ3) is 8.58. The fourth-order valence-corrected chi connectivity index (χ4v) is 14.2. The molecular formula is C47H46ClF6NO5Si. The average molecular weight is 882 g/mol. The number of alkyl halides is 6. The summed E-state index contributed by atoms with van der Waals surface area (Å²) in [5, 5.41) is 11.9. The number of hydrogen-bond acceptors (Lipinski definition) is 5. The lowest BCUT2D eigenvalue weighted by atomic mass is 9.69. The maximum Gasteiger partial charge on any atom is 0.416 e. The van der Waals surface area contributed by atoms with E-state index in [4.69, 9.17) is 20.8 Å². The minimum atomic E-state index is -5.18. The van der Waals surface area contributed by atoms with E-state index in [1.54, 1.807) is 12.1 Å². The average Bonchev–Trinajstić information content (AvgIpc) is 3.74. The van der Waals surface area contributed by atoms with Gasteiger partial charge in [0, 0.05) is 5.92 Å². The van der Waals surface area contributed by atoms with E-state index in [0.29, 0.717) is 41.3 Å². The molecular weight excluding hydrogens is 836 g/mol. The van der Waals surface area contributed by atoms with Crippen molar-refractivity contribution in [2.45, 2.75) is 76.9 Å². The largest absolute Gasteiger partial charge is 0.508 e. The smallest absolute Gasteiger partial charge is 0.416 e. The highest BCUT2D eigenvalue weighted by Gasteiger charge is 2.58. The summed E-state index contributed by atoms with van der Waals surface area (Å²) >= 11 is 6.43. The van der Waals surface area contributed by atoms with Crippen LogP contribution in [0.4, 0.5) is 32.0 Å². The number of nitrogens with zero attached hydrogens (tertiary/aromatic N) is 1. The molecule has 0 radical (unpaired) electrons. The molecule has 1 aliphatic carbocycles. The zero-order valence-corrected chi connectivity index (χ0v) is 35.8. The number of allylic oxidation sites excluding steroid dienone is 1. The molecule has 2 saturated heterocycles. The Labute approximate surface area is 357 Å². The Morgan fingerprint density at radius 3 is 1.97 bits per heavy atom. The van der Waals surface area contributed by atoms with Crippen LogP contribution in [-0.2, 0) is 31.1 Å². The van der Waals surface area contributed by atoms with E-state index in [0.717, 1.165) is 32.7 Å². The van der Waals surface area contributed by atoms with Crippen molar-refractivity contribution in [3.8, 4) is 5.75 Å². The van der Waals surface area contributed by atoms with Crippen LogP contribution in [0.5, 0.6) is 5.75 Å². The number of carbonyl (C=O) groups is 2. The second-order valence-corrected chi connectivity index (χ2v) is 21.7. The third-order valence-electron chi connectivity index (χ3n) is 12.2. The van der Waals surface area contributed by atoms with Crippen molar-refractivity contribution in [3.05, 3.63) is 135 Å². The maximum atomic E-state index is 14.4. The van der Waals surface area contributed by atoms with E-state index in [9.17, 15) is 41.0 Å². The molecule has 2 heterocycles. The number of aromatic hydroxyl groups is 1. The molecule has 322 valence electrons. The Bertz CT molecular complexity index is 2290. The Morgan fingerprint density at radius 1 is 0.852 bits per heavy atom. The van der Waals surface area contributed by atoms with Gasteiger partial charge >= 0.3 is 12.4 Å². The predicted octanol–water partition coefficient (Wildman–Crippen LogP) is 10.8. The molecule has 1 N–H and O–H groups in total. The first-order valence-corrected chi connectivity index (χ1v) is 22.5. The summed E-state index contributed by atoms with van der Waals surface area (Å²) in [4.78, 5) is 29.3. The first-order valence-electron chi connectivity index (χ1n) is 20.2. The number of hydrogen-bond donors (Lipinski definition) is 1. The number of rotatable bonds is 11. The molecule has 6 nitrogen and oxygen atoms in total. The monoisotopic (exact) mass is 881 g/mol. The summed E-state index contributed by atoms with van der Waals surface area (Å²) in [5.74, 6) is -4.53. The van der Waals surface area contributed by atoms with Crippen molar-refractivity contribution >= 4 is 53.9 Å². The van der Waals surface area contributed by atoms with E-state index in [1.165, 1.54) is 6.07 Å². The first kappa shape index (κ1) is 44.4. The molecule has 4 atom stereocenters. The standard InChI is InChI=1S/C47H46ClF6NO5Si/c1-5-28(20-29-17-18-34(56)25-39(29)48)16-19-40-41-30(26-60-61(45(2,3)4,35-12-8-6-9-13-35)36-14-10-7-11-15-36)21-37-42(38(41)27-59-40)44(58)55(43(37)57)33-23-31(46(49,50)51)22-32(24-33)47(52,53)54/h6-15,17-18,20,22-25,37-38,40,42,56H,5,16,19,21,26-27H2,1-4H3/b28-20+/t37-,38+,40-,42-/m1/s1. The van der Waals surface area contributed by atoms with Crippen LogP contribution >= 0.6 is 11.6 Å². The van der Waals surface area contributed by atoms with Crippen LogP contribution in [0.15, 0.2) is 114 Å². The van der Waals surface area contributed by atoms with Crippen molar-refractivity contribution in [2.75, 3.05) is 18.1 Å². The van der Waals surface area contributed by atoms with Gasteiger partial charge in [0.05, 0.1) is 53.0 Å². The molecule has 0 spiro atoms. The van der Waals surface area contributed by atoms with Gasteiger partial charge in [0.2, 0.25) is 11.8 Å². The number of benzene rings is 4. The van der Waals surface area contributed by atoms with E-state index in [1.807, 2.05) is 73.7 Å². The van der Waals surface area contributed by atoms with Crippen LogP contribution in [0, 0.1) is 17.8 Å². The van der Waals surface area contributed by atoms with Crippen molar-refractivity contribution in [1.82, 2.24) is 0 Å². The van der Waals surface area contributed by atoms with Gasteiger partial charge in [-0.05, 0) is 94.2 Å². The highest BCUT2D eigenvalue weighted by molar-refractivity contribution is 6.99. The Hall–Kier alpha value is -4.69. The normalized spacial score (nSPS) is 21.3. The van der Waals surface area contributed by atoms with Gasteiger partial charge < -0.3 is 14.3 Å². The summed E-state index contributed by atoms with van der Waals surface area (Å²) in [6.07, 6.45) is -7.25. The van der Waals surface area contributed by atoms with Crippen LogP contribution in [0.25, 0.3) is 6.08 Å². The maximum absolute atomic E-state index is 14.4. The van der Waals surface area contributed by atoms with Gasteiger partial charge in [0.25, 0.3) is 8.32 Å². The fourth-order valence-electron chi connectivity index (χ4n) is 9.41. The highest BCUT2D eigenvalue weighted by Crippen LogP contribution is 2.52. The fraction of sp³-hybridized carbons (Fsp3) is 0.362. The lowest BCUT2D eigenvalue weighted by Gasteiger charge is -2.44. The second kappa shape index (κ2) is 16.9. The lowest BCUT2D eigenvalue weighted by Crippen LogP contribution is -2.66. The van der Waals surface area contributed by atoms with E-state index in [2.05, 4.69) is 20.8 Å².